The molecule has 0 spiro atoms. The maximum absolute atomic E-state index is 6.22. The van der Waals surface area contributed by atoms with E-state index < -0.39 is 0 Å². The van der Waals surface area contributed by atoms with Gasteiger partial charge in [0, 0.05) is 10.8 Å². The molecule has 0 amide bonds. The maximum atomic E-state index is 6.22. The van der Waals surface area contributed by atoms with Crippen LogP contribution in [0.3, 0.4) is 0 Å². The van der Waals surface area contributed by atoms with Crippen molar-refractivity contribution in [2.24, 2.45) is 0 Å². The molecule has 2 heteroatoms. The molecule has 0 radical (unpaired) electrons. The maximum Gasteiger partial charge on any atom is 0.136 e. The summed E-state index contributed by atoms with van der Waals surface area (Å²) >= 11 is 6.22. The van der Waals surface area contributed by atoms with Crippen LogP contribution in [0.4, 0.5) is 0 Å². The molecule has 0 aliphatic heterocycles. The van der Waals surface area contributed by atoms with Crippen molar-refractivity contribution in [2.75, 3.05) is 0 Å². The third-order valence-electron chi connectivity index (χ3n) is 3.14. The van der Waals surface area contributed by atoms with E-state index in [2.05, 4.69) is 32.0 Å². The first-order chi connectivity index (χ1) is 8.16. The van der Waals surface area contributed by atoms with E-state index >= 15 is 0 Å². The second-order valence-corrected chi connectivity index (χ2v) is 5.03. The first-order valence-electron chi connectivity index (χ1n) is 5.77. The van der Waals surface area contributed by atoms with Gasteiger partial charge in [0.15, 0.2) is 0 Å². The minimum Gasteiger partial charge on any atom is -0.456 e. The molecular weight excluding hydrogens is 232 g/mol. The number of benzene rings is 2. The van der Waals surface area contributed by atoms with Gasteiger partial charge in [-0.05, 0) is 29.7 Å². The van der Waals surface area contributed by atoms with Crippen molar-refractivity contribution >= 4 is 33.5 Å². The van der Waals surface area contributed by atoms with E-state index in [9.17, 15) is 0 Å². The summed E-state index contributed by atoms with van der Waals surface area (Å²) in [4.78, 5) is 0. The van der Waals surface area contributed by atoms with Crippen molar-refractivity contribution in [2.45, 2.75) is 19.8 Å². The van der Waals surface area contributed by atoms with Crippen LogP contribution in [-0.2, 0) is 0 Å². The fourth-order valence-electron chi connectivity index (χ4n) is 2.16. The van der Waals surface area contributed by atoms with Crippen molar-refractivity contribution < 1.29 is 4.42 Å². The Morgan fingerprint density at radius 3 is 2.65 bits per heavy atom. The van der Waals surface area contributed by atoms with Gasteiger partial charge in [-0.2, -0.15) is 0 Å². The Hall–Kier alpha value is -1.47. The lowest BCUT2D eigenvalue weighted by Gasteiger charge is -2.03. The van der Waals surface area contributed by atoms with E-state index in [1.807, 2.05) is 18.2 Å². The standard InChI is InChI=1S/C15H13ClO/c1-9(2)10-6-7-11-14(8-10)17-13-5-3-4-12(16)15(11)13/h3-9H,1-2H3. The van der Waals surface area contributed by atoms with Gasteiger partial charge in [0.2, 0.25) is 0 Å². The van der Waals surface area contributed by atoms with Gasteiger partial charge < -0.3 is 4.42 Å². The second kappa shape index (κ2) is 3.78. The molecule has 86 valence electrons. The first kappa shape index (κ1) is 10.7. The first-order valence-corrected chi connectivity index (χ1v) is 6.15. The largest absolute Gasteiger partial charge is 0.456 e. The minimum absolute atomic E-state index is 0.503. The molecule has 2 aromatic carbocycles. The number of halogens is 1. The molecule has 0 aliphatic rings. The molecule has 0 unspecified atom stereocenters. The SMILES string of the molecule is CC(C)c1ccc2c(c1)oc1cccc(Cl)c12. The van der Waals surface area contributed by atoms with E-state index in [1.54, 1.807) is 0 Å². The summed E-state index contributed by atoms with van der Waals surface area (Å²) in [5.41, 5.74) is 3.06. The molecule has 1 heterocycles. The predicted octanol–water partition coefficient (Wildman–Crippen LogP) is 5.36. The van der Waals surface area contributed by atoms with Crippen molar-refractivity contribution in [3.05, 3.63) is 47.0 Å². The van der Waals surface area contributed by atoms with Crippen LogP contribution in [0.2, 0.25) is 5.02 Å². The van der Waals surface area contributed by atoms with Crippen LogP contribution in [-0.4, -0.2) is 0 Å². The fraction of sp³-hybridized carbons (Fsp3) is 0.200. The Bertz CT molecular complexity index is 695. The summed E-state index contributed by atoms with van der Waals surface area (Å²) in [5.74, 6) is 0.503. The third kappa shape index (κ3) is 1.62. The van der Waals surface area contributed by atoms with Gasteiger partial charge in [-0.1, -0.05) is 43.6 Å². The fourth-order valence-corrected chi connectivity index (χ4v) is 2.43. The van der Waals surface area contributed by atoms with E-state index in [0.29, 0.717) is 5.92 Å². The molecule has 0 fully saturated rings. The van der Waals surface area contributed by atoms with Crippen LogP contribution >= 0.6 is 11.6 Å². The minimum atomic E-state index is 0.503. The Kier molecular flexibility index (Phi) is 2.37. The van der Waals surface area contributed by atoms with E-state index in [-0.39, 0.29) is 0 Å². The van der Waals surface area contributed by atoms with Crippen LogP contribution in [0.15, 0.2) is 40.8 Å². The lowest BCUT2D eigenvalue weighted by molar-refractivity contribution is 0.667. The average molecular weight is 245 g/mol. The molecule has 0 atom stereocenters. The second-order valence-electron chi connectivity index (χ2n) is 4.63. The molecule has 3 aromatic rings. The number of rotatable bonds is 1. The Balaban J connectivity index is 2.40. The van der Waals surface area contributed by atoms with Crippen LogP contribution in [0.5, 0.6) is 0 Å². The lowest BCUT2D eigenvalue weighted by atomic mass is 10.0. The quantitative estimate of drug-likeness (QED) is 0.561. The Morgan fingerprint density at radius 1 is 1.06 bits per heavy atom. The zero-order valence-corrected chi connectivity index (χ0v) is 10.6. The monoisotopic (exact) mass is 244 g/mol. The zero-order valence-electron chi connectivity index (χ0n) is 9.83. The van der Waals surface area contributed by atoms with Gasteiger partial charge in [-0.25, -0.2) is 0 Å². The zero-order chi connectivity index (χ0) is 12.0. The van der Waals surface area contributed by atoms with Crippen molar-refractivity contribution in [1.29, 1.82) is 0 Å². The third-order valence-corrected chi connectivity index (χ3v) is 3.45. The highest BCUT2D eigenvalue weighted by atomic mass is 35.5. The van der Waals surface area contributed by atoms with E-state index in [0.717, 1.165) is 27.0 Å². The number of hydrogen-bond donors (Lipinski definition) is 0. The highest BCUT2D eigenvalue weighted by Crippen LogP contribution is 2.34. The lowest BCUT2D eigenvalue weighted by Crippen LogP contribution is -1.85. The Morgan fingerprint density at radius 2 is 1.88 bits per heavy atom. The van der Waals surface area contributed by atoms with Crippen molar-refractivity contribution in [1.82, 2.24) is 0 Å². The summed E-state index contributed by atoms with van der Waals surface area (Å²) in [6.45, 7) is 4.35. The number of furan rings is 1. The van der Waals surface area contributed by atoms with Gasteiger partial charge in [0.05, 0.1) is 5.02 Å². The summed E-state index contributed by atoms with van der Waals surface area (Å²) in [7, 11) is 0. The summed E-state index contributed by atoms with van der Waals surface area (Å²) in [6.07, 6.45) is 0. The molecule has 0 saturated carbocycles. The summed E-state index contributed by atoms with van der Waals surface area (Å²) < 4.78 is 5.84. The van der Waals surface area contributed by atoms with Gasteiger partial charge in [-0.3, -0.25) is 0 Å². The normalized spacial score (nSPS) is 11.8. The van der Waals surface area contributed by atoms with Crippen LogP contribution in [0, 0.1) is 0 Å². The van der Waals surface area contributed by atoms with Crippen LogP contribution in [0.25, 0.3) is 21.9 Å². The van der Waals surface area contributed by atoms with Crippen LogP contribution < -0.4 is 0 Å². The van der Waals surface area contributed by atoms with Gasteiger partial charge in [0.25, 0.3) is 0 Å². The van der Waals surface area contributed by atoms with Gasteiger partial charge in [0.1, 0.15) is 11.2 Å². The van der Waals surface area contributed by atoms with Crippen molar-refractivity contribution in [3.8, 4) is 0 Å². The molecule has 1 aromatic heterocycles. The van der Waals surface area contributed by atoms with E-state index in [1.165, 1.54) is 5.56 Å². The Labute approximate surface area is 105 Å². The topological polar surface area (TPSA) is 13.1 Å². The molecular formula is C15H13ClO. The summed E-state index contributed by atoms with van der Waals surface area (Å²) in [6, 6.07) is 12.1. The number of hydrogen-bond acceptors (Lipinski definition) is 1. The van der Waals surface area contributed by atoms with Gasteiger partial charge in [-0.15, -0.1) is 0 Å². The molecule has 0 bridgehead atoms. The average Bonchev–Trinajstić information content (AvgIpc) is 2.67. The molecule has 0 saturated heterocycles. The van der Waals surface area contributed by atoms with Crippen LogP contribution in [0.1, 0.15) is 25.3 Å². The molecule has 3 rings (SSSR count). The molecule has 0 aliphatic carbocycles. The number of fused-ring (bicyclic) bond motifs is 3. The highest BCUT2D eigenvalue weighted by molar-refractivity contribution is 6.37. The van der Waals surface area contributed by atoms with E-state index in [4.69, 9.17) is 16.0 Å². The molecule has 17 heavy (non-hydrogen) atoms. The smallest absolute Gasteiger partial charge is 0.136 e. The van der Waals surface area contributed by atoms with Gasteiger partial charge >= 0.3 is 0 Å². The van der Waals surface area contributed by atoms with Crippen molar-refractivity contribution in [3.63, 3.8) is 0 Å². The molecule has 0 N–H and O–H groups in total. The highest BCUT2D eigenvalue weighted by Gasteiger charge is 2.10. The molecule has 1 nitrogen and oxygen atoms in total. The summed E-state index contributed by atoms with van der Waals surface area (Å²) in [5, 5.41) is 2.85. The predicted molar refractivity (Wildman–Crippen MR) is 72.8 cm³/mol.